The Labute approximate surface area is 117 Å². The number of aromatic amines is 1. The van der Waals surface area contributed by atoms with Gasteiger partial charge in [0.05, 0.1) is 0 Å². The van der Waals surface area contributed by atoms with E-state index in [1.165, 1.54) is 5.56 Å². The molecule has 1 amide bonds. The number of aromatic nitrogens is 3. The molecular weight excluding hydrogens is 252 g/mol. The van der Waals surface area contributed by atoms with Gasteiger partial charge in [0.25, 0.3) is 5.95 Å². The summed E-state index contributed by atoms with van der Waals surface area (Å²) in [7, 11) is 0. The number of anilines is 1. The van der Waals surface area contributed by atoms with Gasteiger partial charge in [-0.3, -0.25) is 14.8 Å². The molecule has 5 nitrogen and oxygen atoms in total. The Morgan fingerprint density at radius 1 is 1.40 bits per heavy atom. The van der Waals surface area contributed by atoms with Gasteiger partial charge in [0.15, 0.2) is 5.82 Å². The lowest BCUT2D eigenvalue weighted by molar-refractivity contribution is -0.117. The highest BCUT2D eigenvalue weighted by atomic mass is 16.2. The number of aryl methyl sites for hydroxylation is 1. The van der Waals surface area contributed by atoms with E-state index < -0.39 is 0 Å². The monoisotopic (exact) mass is 266 g/mol. The highest BCUT2D eigenvalue weighted by Crippen LogP contribution is 2.24. The molecule has 0 radical (unpaired) electrons. The fraction of sp³-hybridized carbons (Fsp3) is 0.267. The lowest BCUT2D eigenvalue weighted by Gasteiger charge is -2.09. The third-order valence-electron chi connectivity index (χ3n) is 3.40. The first-order chi connectivity index (χ1) is 9.67. The fourth-order valence-corrected chi connectivity index (χ4v) is 2.23. The number of rotatable bonds is 2. The molecule has 1 fully saturated rings. The second-order valence-electron chi connectivity index (χ2n) is 4.92. The summed E-state index contributed by atoms with van der Waals surface area (Å²) in [5.74, 6) is 3.57. The first-order valence-electron chi connectivity index (χ1n) is 6.43. The summed E-state index contributed by atoms with van der Waals surface area (Å²) in [4.78, 5) is 17.8. The second-order valence-corrected chi connectivity index (χ2v) is 4.92. The Kier molecular flexibility index (Phi) is 2.99. The number of carbonyl (C=O) groups is 1. The molecule has 0 spiro atoms. The molecule has 0 aliphatic carbocycles. The van der Waals surface area contributed by atoms with Crippen molar-refractivity contribution in [3.8, 4) is 23.7 Å². The minimum atomic E-state index is -0.0520. The summed E-state index contributed by atoms with van der Waals surface area (Å²) in [5, 5.41) is 6.98. The number of amides is 1. The third-order valence-corrected chi connectivity index (χ3v) is 3.40. The number of nitrogens with zero attached hydrogens (tertiary/aromatic N) is 3. The largest absolute Gasteiger partial charge is 0.278 e. The lowest BCUT2D eigenvalue weighted by Crippen LogP contribution is -2.25. The van der Waals surface area contributed by atoms with Crippen molar-refractivity contribution in [1.29, 1.82) is 0 Å². The smallest absolute Gasteiger partial charge is 0.251 e. The average molecular weight is 266 g/mol. The van der Waals surface area contributed by atoms with E-state index in [2.05, 4.69) is 21.1 Å². The van der Waals surface area contributed by atoms with Gasteiger partial charge in [-0.2, -0.15) is 4.98 Å². The van der Waals surface area contributed by atoms with E-state index in [-0.39, 0.29) is 11.8 Å². The summed E-state index contributed by atoms with van der Waals surface area (Å²) in [6.07, 6.45) is 5.74. The zero-order chi connectivity index (χ0) is 14.1. The van der Waals surface area contributed by atoms with Gasteiger partial charge >= 0.3 is 0 Å². The van der Waals surface area contributed by atoms with Crippen molar-refractivity contribution in [2.75, 3.05) is 11.4 Å². The molecule has 0 saturated carbocycles. The van der Waals surface area contributed by atoms with Gasteiger partial charge in [-0.15, -0.1) is 17.4 Å². The third kappa shape index (κ3) is 2.16. The van der Waals surface area contributed by atoms with Gasteiger partial charge in [0, 0.05) is 24.4 Å². The summed E-state index contributed by atoms with van der Waals surface area (Å²) in [6, 6.07) is 7.95. The molecule has 1 aromatic heterocycles. The first kappa shape index (κ1) is 12.4. The molecule has 1 atom stereocenters. The Bertz CT molecular complexity index is 681. The fourth-order valence-electron chi connectivity index (χ4n) is 2.23. The van der Waals surface area contributed by atoms with Crippen LogP contribution in [0.2, 0.25) is 0 Å². The van der Waals surface area contributed by atoms with Crippen molar-refractivity contribution in [1.82, 2.24) is 15.2 Å². The van der Waals surface area contributed by atoms with E-state index >= 15 is 0 Å². The maximum Gasteiger partial charge on any atom is 0.251 e. The van der Waals surface area contributed by atoms with Crippen molar-refractivity contribution < 1.29 is 4.79 Å². The molecule has 100 valence electrons. The number of benzene rings is 1. The number of carbonyl (C=O) groups excluding carboxylic acids is 1. The normalized spacial score (nSPS) is 18.3. The van der Waals surface area contributed by atoms with Crippen molar-refractivity contribution in [3.63, 3.8) is 0 Å². The van der Waals surface area contributed by atoms with Crippen LogP contribution in [0.3, 0.4) is 0 Å². The Morgan fingerprint density at radius 2 is 2.15 bits per heavy atom. The van der Waals surface area contributed by atoms with Crippen LogP contribution in [0.25, 0.3) is 11.4 Å². The SMILES string of the molecule is C#CC1CC(=O)N(c2n[nH]c(-c3ccc(C)cc3)n2)C1. The molecule has 20 heavy (non-hydrogen) atoms. The maximum absolute atomic E-state index is 11.9. The van der Waals surface area contributed by atoms with Gasteiger partial charge in [-0.1, -0.05) is 29.8 Å². The second kappa shape index (κ2) is 4.82. The summed E-state index contributed by atoms with van der Waals surface area (Å²) >= 11 is 0. The van der Waals surface area contributed by atoms with E-state index in [0.717, 1.165) is 5.56 Å². The van der Waals surface area contributed by atoms with Crippen LogP contribution in [-0.2, 0) is 4.79 Å². The molecule has 2 heterocycles. The molecule has 2 aromatic rings. The highest BCUT2D eigenvalue weighted by molar-refractivity contribution is 5.94. The van der Waals surface area contributed by atoms with E-state index in [4.69, 9.17) is 6.42 Å². The van der Waals surface area contributed by atoms with Crippen LogP contribution in [0.15, 0.2) is 24.3 Å². The number of hydrogen-bond donors (Lipinski definition) is 1. The summed E-state index contributed by atoms with van der Waals surface area (Å²) in [6.45, 7) is 2.51. The first-order valence-corrected chi connectivity index (χ1v) is 6.43. The Hall–Kier alpha value is -2.61. The molecule has 1 aromatic carbocycles. The molecule has 1 saturated heterocycles. The van der Waals surface area contributed by atoms with E-state index in [9.17, 15) is 4.79 Å². The topological polar surface area (TPSA) is 61.9 Å². The number of hydrogen-bond acceptors (Lipinski definition) is 3. The molecule has 1 unspecified atom stereocenters. The van der Waals surface area contributed by atoms with Crippen molar-refractivity contribution in [2.24, 2.45) is 5.92 Å². The van der Waals surface area contributed by atoms with Gasteiger partial charge in [-0.05, 0) is 6.92 Å². The van der Waals surface area contributed by atoms with Gasteiger partial charge in [0.2, 0.25) is 5.91 Å². The number of nitrogens with one attached hydrogen (secondary N) is 1. The summed E-state index contributed by atoms with van der Waals surface area (Å²) in [5.41, 5.74) is 2.12. The molecular formula is C15H14N4O. The maximum atomic E-state index is 11.9. The molecule has 1 aliphatic heterocycles. The quantitative estimate of drug-likeness (QED) is 0.843. The molecule has 5 heteroatoms. The standard InChI is InChI=1S/C15H14N4O/c1-3-11-8-13(20)19(9-11)15-16-14(17-18-15)12-6-4-10(2)5-7-12/h1,4-7,11H,8-9H2,2H3,(H,16,17,18). The van der Waals surface area contributed by atoms with Crippen LogP contribution in [-0.4, -0.2) is 27.6 Å². The predicted molar refractivity (Wildman–Crippen MR) is 75.8 cm³/mol. The van der Waals surface area contributed by atoms with Gasteiger partial charge < -0.3 is 0 Å². The average Bonchev–Trinajstić information content (AvgIpc) is 3.06. The predicted octanol–water partition coefficient (Wildman–Crippen LogP) is 1.77. The van der Waals surface area contributed by atoms with Crippen molar-refractivity contribution in [2.45, 2.75) is 13.3 Å². The molecule has 0 bridgehead atoms. The summed E-state index contributed by atoms with van der Waals surface area (Å²) < 4.78 is 0. The van der Waals surface area contributed by atoms with Gasteiger partial charge in [-0.25, -0.2) is 0 Å². The van der Waals surface area contributed by atoms with Crippen LogP contribution < -0.4 is 4.90 Å². The van der Waals surface area contributed by atoms with E-state index in [0.29, 0.717) is 24.7 Å². The Morgan fingerprint density at radius 3 is 2.80 bits per heavy atom. The van der Waals surface area contributed by atoms with Gasteiger partial charge in [0.1, 0.15) is 0 Å². The minimum Gasteiger partial charge on any atom is -0.278 e. The number of terminal acetylenes is 1. The van der Waals surface area contributed by atoms with E-state index in [1.807, 2.05) is 31.2 Å². The van der Waals surface area contributed by atoms with Crippen LogP contribution in [0, 0.1) is 25.2 Å². The highest BCUT2D eigenvalue weighted by Gasteiger charge is 2.31. The molecule has 1 N–H and O–H groups in total. The molecule has 3 rings (SSSR count). The van der Waals surface area contributed by atoms with Crippen LogP contribution >= 0.6 is 0 Å². The zero-order valence-electron chi connectivity index (χ0n) is 11.1. The minimum absolute atomic E-state index is 0.0255. The van der Waals surface area contributed by atoms with E-state index in [1.54, 1.807) is 4.90 Å². The Balaban J connectivity index is 1.86. The van der Waals surface area contributed by atoms with Crippen molar-refractivity contribution in [3.05, 3.63) is 29.8 Å². The number of H-pyrrole nitrogens is 1. The van der Waals surface area contributed by atoms with Crippen LogP contribution in [0.5, 0.6) is 0 Å². The zero-order valence-corrected chi connectivity index (χ0v) is 11.1. The molecule has 1 aliphatic rings. The van der Waals surface area contributed by atoms with Crippen LogP contribution in [0.1, 0.15) is 12.0 Å². The van der Waals surface area contributed by atoms with Crippen molar-refractivity contribution >= 4 is 11.9 Å². The van der Waals surface area contributed by atoms with Crippen LogP contribution in [0.4, 0.5) is 5.95 Å². The lowest BCUT2D eigenvalue weighted by atomic mass is 10.1.